The Hall–Kier alpha value is -1.34. The topological polar surface area (TPSA) is 116 Å². The Morgan fingerprint density at radius 2 is 0.930 bits per heavy atom. The number of rotatable bonds is 6. The molecule has 2 atom stereocenters. The number of nitrogens with zero attached hydrogens (tertiary/aromatic N) is 9. The molecule has 1 radical (unpaired) electrons. The van der Waals surface area contributed by atoms with Crippen LogP contribution in [-0.2, 0) is 20.4 Å². The smallest absolute Gasteiger partial charge is 0.0707 e. The van der Waals surface area contributed by atoms with Crippen LogP contribution in [0.1, 0.15) is 135 Å². The van der Waals surface area contributed by atoms with Crippen LogP contribution >= 0.6 is 0 Å². The maximum Gasteiger partial charge on any atom is 0.0707 e. The van der Waals surface area contributed by atoms with Crippen molar-refractivity contribution in [3.8, 4) is 0 Å². The van der Waals surface area contributed by atoms with E-state index in [1.165, 1.54) is 122 Å². The van der Waals surface area contributed by atoms with Gasteiger partial charge in [0.2, 0.25) is 0 Å². The molecule has 5 fully saturated rings. The first-order valence-electron chi connectivity index (χ1n) is 17.4. The minimum Gasteiger partial charge on any atom is -0.639 e. The summed E-state index contributed by atoms with van der Waals surface area (Å²) in [4.78, 5) is 0. The third-order valence-corrected chi connectivity index (χ3v) is 8.93. The van der Waals surface area contributed by atoms with E-state index < -0.39 is 0 Å². The zero-order valence-corrected chi connectivity index (χ0v) is 29.2. The molecule has 3 saturated carbocycles. The molecule has 0 aromatic carbocycles. The van der Waals surface area contributed by atoms with E-state index in [1.807, 2.05) is 18.2 Å². The first-order chi connectivity index (χ1) is 20.8. The molecule has 3 heterocycles. The SMILES string of the molecule is C1=CC[N-]C(N=NC2CCCCC2)=C1.C1CCC(N=NC2CCCC[N-]2)CC1.C1CCC(N=NC2CCCC[N-]2)CC1.[Re]. The van der Waals surface area contributed by atoms with Crippen LogP contribution in [0.5, 0.6) is 0 Å². The van der Waals surface area contributed by atoms with Crippen LogP contribution in [-0.4, -0.2) is 50.1 Å². The maximum absolute atomic E-state index is 4.45. The maximum atomic E-state index is 4.45. The minimum atomic E-state index is 0. The van der Waals surface area contributed by atoms with Gasteiger partial charge in [0.05, 0.1) is 12.1 Å². The van der Waals surface area contributed by atoms with Crippen LogP contribution in [0.4, 0.5) is 0 Å². The molecule has 0 amide bonds. The van der Waals surface area contributed by atoms with Gasteiger partial charge in [-0.05, 0) is 76.1 Å². The summed E-state index contributed by atoms with van der Waals surface area (Å²) in [7, 11) is 0. The van der Waals surface area contributed by atoms with Gasteiger partial charge in [0.1, 0.15) is 0 Å². The van der Waals surface area contributed by atoms with Gasteiger partial charge in [-0.25, -0.2) is 10.2 Å². The molecule has 0 bridgehead atoms. The number of allylic oxidation sites excluding steroid dienone is 2. The van der Waals surface area contributed by atoms with E-state index in [-0.39, 0.29) is 32.8 Å². The molecule has 0 aromatic rings. The van der Waals surface area contributed by atoms with Crippen molar-refractivity contribution in [3.63, 3.8) is 0 Å². The summed E-state index contributed by atoms with van der Waals surface area (Å²) in [6, 6.07) is 1.48. The van der Waals surface area contributed by atoms with Crippen molar-refractivity contribution in [3.05, 3.63) is 40.0 Å². The van der Waals surface area contributed by atoms with Gasteiger partial charge in [-0.1, -0.05) is 102 Å². The summed E-state index contributed by atoms with van der Waals surface area (Å²) in [5.41, 5.74) is 0. The number of piperidine rings is 2. The second kappa shape index (κ2) is 23.1. The van der Waals surface area contributed by atoms with Crippen molar-refractivity contribution in [1.29, 1.82) is 0 Å². The van der Waals surface area contributed by atoms with Crippen LogP contribution < -0.4 is 0 Å². The molecular formula is C33H56N9Re-3. The number of hydrogen-bond acceptors (Lipinski definition) is 6. The van der Waals surface area contributed by atoms with Crippen molar-refractivity contribution in [2.75, 3.05) is 19.6 Å². The quantitative estimate of drug-likeness (QED) is 0.240. The second-order valence-electron chi connectivity index (χ2n) is 12.6. The van der Waals surface area contributed by atoms with E-state index in [0.717, 1.165) is 38.3 Å². The Labute approximate surface area is 275 Å². The summed E-state index contributed by atoms with van der Waals surface area (Å²) in [6.45, 7) is 2.73. The van der Waals surface area contributed by atoms with Gasteiger partial charge in [0.25, 0.3) is 0 Å². The molecule has 0 N–H and O–H groups in total. The Balaban J connectivity index is 0.000000175. The Morgan fingerprint density at radius 3 is 1.33 bits per heavy atom. The van der Waals surface area contributed by atoms with Crippen molar-refractivity contribution in [1.82, 2.24) is 0 Å². The van der Waals surface area contributed by atoms with Crippen molar-refractivity contribution >= 4 is 0 Å². The van der Waals surface area contributed by atoms with Gasteiger partial charge in [0.15, 0.2) is 0 Å². The molecular weight excluding hydrogens is 709 g/mol. The molecule has 2 saturated heterocycles. The standard InChI is InChI=1S/2C11H20N3.C11H16N3.Re/c3*1-2-6-10(7-3-1)13-14-11-8-4-5-9-12-11;/h2*10-11H,1-9H2;4-5,8,10H,1-3,6-7,9H2;/q3*-1;. The molecule has 0 aromatic heterocycles. The Kier molecular flexibility index (Phi) is 19.4. The predicted molar refractivity (Wildman–Crippen MR) is 172 cm³/mol. The average Bonchev–Trinajstić information content (AvgIpc) is 3.09. The van der Waals surface area contributed by atoms with Crippen LogP contribution in [0.2, 0.25) is 0 Å². The molecule has 2 unspecified atom stereocenters. The summed E-state index contributed by atoms with van der Waals surface area (Å²) in [5, 5.41) is 39.3. The fourth-order valence-electron chi connectivity index (χ4n) is 6.28. The molecule has 6 rings (SSSR count). The van der Waals surface area contributed by atoms with E-state index >= 15 is 0 Å². The van der Waals surface area contributed by atoms with Crippen LogP contribution in [0, 0.1) is 0 Å². The van der Waals surface area contributed by atoms with Gasteiger partial charge in [0, 0.05) is 26.5 Å². The molecule has 10 heteroatoms. The van der Waals surface area contributed by atoms with Crippen molar-refractivity contribution in [2.45, 2.75) is 165 Å². The molecule has 3 aliphatic heterocycles. The second-order valence-corrected chi connectivity index (χ2v) is 12.6. The van der Waals surface area contributed by atoms with Gasteiger partial charge in [-0.3, -0.25) is 5.11 Å². The third kappa shape index (κ3) is 16.0. The van der Waals surface area contributed by atoms with Crippen LogP contribution in [0.15, 0.2) is 54.7 Å². The summed E-state index contributed by atoms with van der Waals surface area (Å²) >= 11 is 0. The largest absolute Gasteiger partial charge is 0.639 e. The fraction of sp³-hybridized carbons (Fsp3) is 0.879. The van der Waals surface area contributed by atoms with Gasteiger partial charge >= 0.3 is 0 Å². The Morgan fingerprint density at radius 1 is 0.488 bits per heavy atom. The monoisotopic (exact) mass is 765 g/mol. The summed E-state index contributed by atoms with van der Waals surface area (Å²) in [6.07, 6.45) is 33.1. The molecule has 3 aliphatic carbocycles. The average molecular weight is 765 g/mol. The summed E-state index contributed by atoms with van der Waals surface area (Å²) in [5.74, 6) is 0.776. The molecule has 243 valence electrons. The van der Waals surface area contributed by atoms with Gasteiger partial charge in [-0.2, -0.15) is 10.2 Å². The van der Waals surface area contributed by atoms with E-state index in [4.69, 9.17) is 0 Å². The first-order valence-corrected chi connectivity index (χ1v) is 17.4. The van der Waals surface area contributed by atoms with E-state index in [2.05, 4.69) is 46.6 Å². The molecule has 0 spiro atoms. The minimum absolute atomic E-state index is 0. The van der Waals surface area contributed by atoms with E-state index in [9.17, 15) is 0 Å². The molecule has 6 aliphatic rings. The molecule has 9 nitrogen and oxygen atoms in total. The van der Waals surface area contributed by atoms with Crippen molar-refractivity contribution < 1.29 is 20.4 Å². The van der Waals surface area contributed by atoms with Gasteiger partial charge in [-0.15, -0.1) is 13.1 Å². The third-order valence-electron chi connectivity index (χ3n) is 8.93. The van der Waals surface area contributed by atoms with Crippen molar-refractivity contribution in [2.24, 2.45) is 30.7 Å². The normalized spacial score (nSPS) is 27.9. The fourth-order valence-corrected chi connectivity index (χ4v) is 6.28. The van der Waals surface area contributed by atoms with E-state index in [0.29, 0.717) is 18.1 Å². The first kappa shape index (κ1) is 36.1. The predicted octanol–water partition coefficient (Wildman–Crippen LogP) is 10.9. The molecule has 43 heavy (non-hydrogen) atoms. The van der Waals surface area contributed by atoms with E-state index in [1.54, 1.807) is 0 Å². The van der Waals surface area contributed by atoms with Crippen LogP contribution in [0.25, 0.3) is 16.0 Å². The van der Waals surface area contributed by atoms with Gasteiger partial charge < -0.3 is 21.1 Å². The zero-order valence-electron chi connectivity index (χ0n) is 26.5. The number of azo groups is 3. The Bertz CT molecular complexity index is 762. The zero-order chi connectivity index (χ0) is 28.9. The number of hydrogen-bond donors (Lipinski definition) is 0. The summed E-state index contributed by atoms with van der Waals surface area (Å²) < 4.78 is 0. The van der Waals surface area contributed by atoms with Crippen LogP contribution in [0.3, 0.4) is 0 Å².